The van der Waals surface area contributed by atoms with Crippen molar-refractivity contribution < 1.29 is 14.7 Å². The fourth-order valence-corrected chi connectivity index (χ4v) is 5.02. The predicted octanol–water partition coefficient (Wildman–Crippen LogP) is 6.70. The molecule has 1 aromatic heterocycles. The molecule has 1 aliphatic heterocycles. The van der Waals surface area contributed by atoms with Crippen LogP contribution in [0.3, 0.4) is 0 Å². The third-order valence-corrected chi connectivity index (χ3v) is 7.67. The fraction of sp³-hybridized carbons (Fsp3) is 0.414. The van der Waals surface area contributed by atoms with Gasteiger partial charge < -0.3 is 24.8 Å². The first-order valence-corrected chi connectivity index (χ1v) is 13.3. The van der Waals surface area contributed by atoms with Crippen LogP contribution in [0.25, 0.3) is 11.0 Å². The highest BCUT2D eigenvalue weighted by Gasteiger charge is 2.30. The summed E-state index contributed by atoms with van der Waals surface area (Å²) in [5.74, 6) is 0.589. The predicted molar refractivity (Wildman–Crippen MR) is 152 cm³/mol. The van der Waals surface area contributed by atoms with Gasteiger partial charge in [0.15, 0.2) is 0 Å². The summed E-state index contributed by atoms with van der Waals surface area (Å²) >= 11 is 6.08. The summed E-state index contributed by atoms with van der Waals surface area (Å²) in [4.78, 5) is 32.7. The molecular weight excluding hydrogens is 502 g/mol. The van der Waals surface area contributed by atoms with Crippen molar-refractivity contribution in [3.63, 3.8) is 0 Å². The maximum Gasteiger partial charge on any atom is 0.407 e. The number of fused-ring (bicyclic) bond motifs is 1. The largest absolute Gasteiger partial charge is 0.465 e. The highest BCUT2D eigenvalue weighted by molar-refractivity contribution is 6.30. The molecule has 2 heterocycles. The quantitative estimate of drug-likeness (QED) is 0.327. The van der Waals surface area contributed by atoms with E-state index in [4.69, 9.17) is 16.6 Å². The lowest BCUT2D eigenvalue weighted by atomic mass is 9.87. The zero-order valence-electron chi connectivity index (χ0n) is 22.4. The molecular formula is C29H36ClN5O3. The van der Waals surface area contributed by atoms with E-state index in [1.54, 1.807) is 0 Å². The first kappa shape index (κ1) is 27.5. The summed E-state index contributed by atoms with van der Waals surface area (Å²) in [5.41, 5.74) is 3.20. The minimum absolute atomic E-state index is 0.0229. The molecule has 8 nitrogen and oxygen atoms in total. The number of benzene rings is 2. The maximum atomic E-state index is 12.4. The molecule has 2 atom stereocenters. The summed E-state index contributed by atoms with van der Waals surface area (Å²) in [7, 11) is 0. The normalized spacial score (nSPS) is 16.8. The molecule has 9 heteroatoms. The zero-order chi connectivity index (χ0) is 27.6. The van der Waals surface area contributed by atoms with E-state index in [9.17, 15) is 14.7 Å². The number of nitrogens with one attached hydrogen (secondary N) is 1. The van der Waals surface area contributed by atoms with Crippen LogP contribution in [0.1, 0.15) is 52.1 Å². The lowest BCUT2D eigenvalue weighted by Gasteiger charge is -2.36. The van der Waals surface area contributed by atoms with E-state index in [0.717, 1.165) is 35.1 Å². The third kappa shape index (κ3) is 5.96. The van der Waals surface area contributed by atoms with Gasteiger partial charge in [0.05, 0.1) is 17.1 Å². The highest BCUT2D eigenvalue weighted by atomic mass is 35.5. The van der Waals surface area contributed by atoms with Crippen molar-refractivity contribution in [1.29, 1.82) is 0 Å². The second kappa shape index (κ2) is 11.1. The molecule has 0 aliphatic carbocycles. The average molecular weight is 538 g/mol. The van der Waals surface area contributed by atoms with Crippen LogP contribution in [0.2, 0.25) is 5.02 Å². The maximum absolute atomic E-state index is 12.4. The van der Waals surface area contributed by atoms with Crippen molar-refractivity contribution in [2.45, 2.75) is 59.2 Å². The topological polar surface area (TPSA) is 90.7 Å². The molecule has 2 amide bonds. The summed E-state index contributed by atoms with van der Waals surface area (Å²) in [6.07, 6.45) is 2.19. The minimum Gasteiger partial charge on any atom is -0.465 e. The first-order chi connectivity index (χ1) is 18.0. The number of likely N-dealkylation sites (tertiary alicyclic amines) is 1. The van der Waals surface area contributed by atoms with E-state index in [1.165, 1.54) is 11.0 Å². The van der Waals surface area contributed by atoms with Crippen molar-refractivity contribution in [1.82, 2.24) is 19.4 Å². The number of imidazole rings is 1. The third-order valence-electron chi connectivity index (χ3n) is 7.42. The number of hydrogen-bond acceptors (Lipinski definition) is 4. The molecule has 2 aromatic carbocycles. The van der Waals surface area contributed by atoms with E-state index < -0.39 is 6.09 Å². The Kier molecular flexibility index (Phi) is 8.02. The molecule has 0 spiro atoms. The number of aromatic nitrogens is 2. The first-order valence-electron chi connectivity index (χ1n) is 12.9. The number of amides is 2. The monoisotopic (exact) mass is 537 g/mol. The van der Waals surface area contributed by atoms with Crippen LogP contribution in [0.4, 0.5) is 16.4 Å². The molecule has 0 saturated carbocycles. The van der Waals surface area contributed by atoms with Gasteiger partial charge in [-0.15, -0.1) is 0 Å². The van der Waals surface area contributed by atoms with Gasteiger partial charge in [-0.05, 0) is 73.2 Å². The zero-order valence-corrected chi connectivity index (χ0v) is 23.2. The number of carbonyl (C=O) groups excluding carboxylic acids is 1. The Morgan fingerprint density at radius 2 is 1.97 bits per heavy atom. The number of rotatable bonds is 7. The Morgan fingerprint density at radius 1 is 1.26 bits per heavy atom. The number of halogens is 1. The summed E-state index contributed by atoms with van der Waals surface area (Å²) < 4.78 is 2.16. The van der Waals surface area contributed by atoms with Gasteiger partial charge in [0.25, 0.3) is 0 Å². The second-order valence-electron chi connectivity index (χ2n) is 11.0. The van der Waals surface area contributed by atoms with E-state index in [1.807, 2.05) is 75.1 Å². The molecule has 38 heavy (non-hydrogen) atoms. The number of nitrogens with zero attached hydrogens (tertiary/aromatic N) is 4. The lowest BCUT2D eigenvalue weighted by molar-refractivity contribution is -0.127. The van der Waals surface area contributed by atoms with Gasteiger partial charge in [0.1, 0.15) is 0 Å². The Hall–Kier alpha value is -3.52. The lowest BCUT2D eigenvalue weighted by Crippen LogP contribution is -2.44. The number of carboxylic acid groups (broad SMARTS) is 1. The molecule has 1 fully saturated rings. The second-order valence-corrected chi connectivity index (χ2v) is 11.4. The van der Waals surface area contributed by atoms with Gasteiger partial charge >= 0.3 is 6.09 Å². The van der Waals surface area contributed by atoms with E-state index in [2.05, 4.69) is 16.5 Å². The molecule has 1 saturated heterocycles. The van der Waals surface area contributed by atoms with E-state index in [-0.39, 0.29) is 30.0 Å². The van der Waals surface area contributed by atoms with Crippen molar-refractivity contribution in [2.75, 3.05) is 18.4 Å². The molecule has 202 valence electrons. The van der Waals surface area contributed by atoms with Crippen LogP contribution in [0.15, 0.2) is 55.1 Å². The smallest absolute Gasteiger partial charge is 0.407 e. The Labute approximate surface area is 228 Å². The Balaban J connectivity index is 1.73. The van der Waals surface area contributed by atoms with Crippen molar-refractivity contribution in [3.8, 4) is 0 Å². The van der Waals surface area contributed by atoms with E-state index >= 15 is 0 Å². The Bertz CT molecular complexity index is 1330. The molecule has 3 aromatic rings. The van der Waals surface area contributed by atoms with Crippen molar-refractivity contribution in [2.24, 2.45) is 5.41 Å². The van der Waals surface area contributed by atoms with Crippen molar-refractivity contribution in [3.05, 3.63) is 65.7 Å². The van der Waals surface area contributed by atoms with Crippen LogP contribution in [-0.2, 0) is 11.3 Å². The van der Waals surface area contributed by atoms with Crippen LogP contribution < -0.4 is 5.32 Å². The molecule has 0 bridgehead atoms. The molecule has 4 rings (SSSR count). The van der Waals surface area contributed by atoms with Gasteiger partial charge in [0.2, 0.25) is 11.9 Å². The number of hydrogen-bond donors (Lipinski definition) is 2. The van der Waals surface area contributed by atoms with Crippen LogP contribution in [0, 0.1) is 5.41 Å². The van der Waals surface area contributed by atoms with Gasteiger partial charge in [-0.1, -0.05) is 45.0 Å². The molecule has 0 radical (unpaired) electrons. The van der Waals surface area contributed by atoms with Gasteiger partial charge in [-0.25, -0.2) is 9.78 Å². The SMILES string of the molecule is C=CC(=O)N1CCCC(n2c(Nc3ccc(Cl)cc3)nc3cc(CN(C(=O)O)[C@@H](C)C(C)(C)C)ccc32)C1. The van der Waals surface area contributed by atoms with Gasteiger partial charge in [0, 0.05) is 36.4 Å². The summed E-state index contributed by atoms with van der Waals surface area (Å²) in [6, 6.07) is 13.2. The standard InChI is InChI=1S/C29H36ClN5O3/c1-6-26(36)33-15-7-8-23(18-33)35-25-14-9-20(17-34(28(37)38)19(2)29(3,4)5)16-24(25)32-27(35)31-22-12-10-21(30)11-13-22/h6,9-14,16,19,23H,1,7-8,15,17-18H2,2-5H3,(H,31,32)(H,37,38)/t19-,23?/m0/s1. The van der Waals surface area contributed by atoms with Crippen molar-refractivity contribution >= 4 is 46.3 Å². The average Bonchev–Trinajstić information content (AvgIpc) is 3.24. The summed E-state index contributed by atoms with van der Waals surface area (Å²) in [5, 5.41) is 14.0. The Morgan fingerprint density at radius 3 is 2.61 bits per heavy atom. The summed E-state index contributed by atoms with van der Waals surface area (Å²) in [6.45, 7) is 13.2. The molecule has 1 unspecified atom stereocenters. The number of piperidine rings is 1. The number of carbonyl (C=O) groups is 2. The fourth-order valence-electron chi connectivity index (χ4n) is 4.89. The van der Waals surface area contributed by atoms with Crippen LogP contribution >= 0.6 is 11.6 Å². The van der Waals surface area contributed by atoms with Crippen LogP contribution in [0.5, 0.6) is 0 Å². The molecule has 2 N–H and O–H groups in total. The van der Waals surface area contributed by atoms with Gasteiger partial charge in [-0.2, -0.15) is 0 Å². The van der Waals surface area contributed by atoms with E-state index in [0.29, 0.717) is 24.1 Å². The van der Waals surface area contributed by atoms with Gasteiger partial charge in [-0.3, -0.25) is 4.79 Å². The number of anilines is 2. The molecule has 1 aliphatic rings. The minimum atomic E-state index is -0.947. The highest BCUT2D eigenvalue weighted by Crippen LogP contribution is 2.33. The van der Waals surface area contributed by atoms with Crippen LogP contribution in [-0.4, -0.2) is 55.6 Å².